The lowest BCUT2D eigenvalue weighted by Crippen LogP contribution is -2.43. The van der Waals surface area contributed by atoms with Crippen LogP contribution in [0, 0.1) is 35.5 Å². The third kappa shape index (κ3) is 3.47. The number of hydrogen-bond donors (Lipinski definition) is 0. The summed E-state index contributed by atoms with van der Waals surface area (Å²) in [4.78, 5) is 12.3. The Labute approximate surface area is 136 Å². The van der Waals surface area contributed by atoms with Crippen LogP contribution in [0.15, 0.2) is 23.8 Å². The van der Waals surface area contributed by atoms with Crippen molar-refractivity contribution in [2.45, 2.75) is 60.5 Å². The van der Waals surface area contributed by atoms with E-state index in [2.05, 4.69) is 45.9 Å². The van der Waals surface area contributed by atoms with E-state index in [-0.39, 0.29) is 18.0 Å². The van der Waals surface area contributed by atoms with E-state index in [9.17, 15) is 4.79 Å². The van der Waals surface area contributed by atoms with E-state index >= 15 is 0 Å². The molecule has 2 nitrogen and oxygen atoms in total. The van der Waals surface area contributed by atoms with Gasteiger partial charge in [0.15, 0.2) is 0 Å². The Morgan fingerprint density at radius 1 is 1.32 bits per heavy atom. The second kappa shape index (κ2) is 7.02. The highest BCUT2D eigenvalue weighted by molar-refractivity contribution is 5.72. The van der Waals surface area contributed by atoms with Crippen molar-refractivity contribution in [2.24, 2.45) is 35.5 Å². The lowest BCUT2D eigenvalue weighted by Gasteiger charge is -2.44. The first-order valence-electron chi connectivity index (χ1n) is 8.95. The lowest BCUT2D eigenvalue weighted by atomic mass is 9.63. The molecule has 0 aliphatic heterocycles. The molecule has 0 aromatic heterocycles. The van der Waals surface area contributed by atoms with Gasteiger partial charge in [0.25, 0.3) is 0 Å². The fourth-order valence-corrected chi connectivity index (χ4v) is 4.17. The first kappa shape index (κ1) is 17.3. The maximum absolute atomic E-state index is 12.3. The fourth-order valence-electron chi connectivity index (χ4n) is 4.17. The van der Waals surface area contributed by atoms with Crippen molar-refractivity contribution in [1.29, 1.82) is 0 Å². The van der Waals surface area contributed by atoms with Gasteiger partial charge in [-0.15, -0.1) is 0 Å². The van der Waals surface area contributed by atoms with Crippen LogP contribution in [0.5, 0.6) is 0 Å². The van der Waals surface area contributed by atoms with Crippen LogP contribution in [0.3, 0.4) is 0 Å². The average molecular weight is 304 g/mol. The topological polar surface area (TPSA) is 26.3 Å². The van der Waals surface area contributed by atoms with Crippen molar-refractivity contribution in [3.63, 3.8) is 0 Å². The predicted octanol–water partition coefficient (Wildman–Crippen LogP) is 5.00. The van der Waals surface area contributed by atoms with Crippen LogP contribution in [0.1, 0.15) is 54.4 Å². The van der Waals surface area contributed by atoms with Gasteiger partial charge in [0, 0.05) is 5.92 Å². The predicted molar refractivity (Wildman–Crippen MR) is 91.3 cm³/mol. The molecule has 0 saturated carbocycles. The van der Waals surface area contributed by atoms with Crippen molar-refractivity contribution in [3.8, 4) is 0 Å². The van der Waals surface area contributed by atoms with Crippen molar-refractivity contribution in [2.75, 3.05) is 0 Å². The third-order valence-corrected chi connectivity index (χ3v) is 5.53. The van der Waals surface area contributed by atoms with E-state index in [0.717, 1.165) is 12.8 Å². The molecular formula is C20H32O2. The first-order chi connectivity index (χ1) is 10.3. The van der Waals surface area contributed by atoms with Gasteiger partial charge in [-0.3, -0.25) is 4.79 Å². The summed E-state index contributed by atoms with van der Waals surface area (Å²) < 4.78 is 6.00. The molecule has 0 N–H and O–H groups in total. The van der Waals surface area contributed by atoms with E-state index in [1.54, 1.807) is 0 Å². The molecule has 2 rings (SSSR count). The van der Waals surface area contributed by atoms with Crippen molar-refractivity contribution >= 4 is 5.97 Å². The molecule has 0 heterocycles. The average Bonchev–Trinajstić information content (AvgIpc) is 2.46. The fraction of sp³-hybridized carbons (Fsp3) is 0.750. The van der Waals surface area contributed by atoms with Crippen molar-refractivity contribution in [1.82, 2.24) is 0 Å². The molecule has 0 fully saturated rings. The molecule has 2 heteroatoms. The number of fused-ring (bicyclic) bond motifs is 1. The Hall–Kier alpha value is -1.05. The number of hydrogen-bond acceptors (Lipinski definition) is 2. The highest BCUT2D eigenvalue weighted by Crippen LogP contribution is 2.45. The Morgan fingerprint density at radius 3 is 2.59 bits per heavy atom. The van der Waals surface area contributed by atoms with Crippen LogP contribution in [0.2, 0.25) is 0 Å². The van der Waals surface area contributed by atoms with Gasteiger partial charge in [-0.1, -0.05) is 59.8 Å². The van der Waals surface area contributed by atoms with Gasteiger partial charge in [0.05, 0.1) is 5.92 Å². The molecule has 0 saturated heterocycles. The van der Waals surface area contributed by atoms with Crippen LogP contribution in [-0.2, 0) is 9.53 Å². The molecule has 0 bridgehead atoms. The van der Waals surface area contributed by atoms with Gasteiger partial charge >= 0.3 is 5.97 Å². The van der Waals surface area contributed by atoms with Crippen LogP contribution in [0.4, 0.5) is 0 Å². The number of esters is 1. The maximum atomic E-state index is 12.3. The van der Waals surface area contributed by atoms with E-state index in [0.29, 0.717) is 29.6 Å². The van der Waals surface area contributed by atoms with Gasteiger partial charge in [-0.2, -0.15) is 0 Å². The molecule has 6 atom stereocenters. The summed E-state index contributed by atoms with van der Waals surface area (Å²) in [7, 11) is 0. The van der Waals surface area contributed by atoms with Gasteiger partial charge < -0.3 is 4.74 Å². The van der Waals surface area contributed by atoms with Crippen LogP contribution in [0.25, 0.3) is 0 Å². The molecule has 2 aliphatic carbocycles. The summed E-state index contributed by atoms with van der Waals surface area (Å²) in [6.45, 7) is 13.1. The second-order valence-electron chi connectivity index (χ2n) is 7.73. The van der Waals surface area contributed by atoms with Gasteiger partial charge in [-0.05, 0) is 42.1 Å². The standard InChI is InChI=1S/C20H32O2/c1-7-14(5)20(21)22-17-11-13(4)10-16-9-8-15(6)18(12(2)3)19(16)17/h8-10,12-15,17-19H,7,11H2,1-6H3/t13-,14-,15+,17-,18?,19?/m0/s1. The molecule has 2 unspecified atom stereocenters. The van der Waals surface area contributed by atoms with E-state index in [1.165, 1.54) is 5.57 Å². The molecule has 0 radical (unpaired) electrons. The smallest absolute Gasteiger partial charge is 0.308 e. The summed E-state index contributed by atoms with van der Waals surface area (Å²) >= 11 is 0. The SMILES string of the molecule is CC[C@H](C)C(=O)O[C@H]1C[C@@H](C)C=C2C=C[C@@H](C)C(C(C)C)C21. The minimum atomic E-state index is -0.0225. The van der Waals surface area contributed by atoms with Crippen LogP contribution < -0.4 is 0 Å². The van der Waals surface area contributed by atoms with Crippen molar-refractivity contribution in [3.05, 3.63) is 23.8 Å². The zero-order chi connectivity index (χ0) is 16.4. The monoisotopic (exact) mass is 304 g/mol. The quantitative estimate of drug-likeness (QED) is 0.683. The summed E-state index contributed by atoms with van der Waals surface area (Å²) in [6.07, 6.45) is 8.83. The summed E-state index contributed by atoms with van der Waals surface area (Å²) in [6, 6.07) is 0. The molecule has 0 aromatic carbocycles. The maximum Gasteiger partial charge on any atom is 0.308 e. The Morgan fingerprint density at radius 2 is 2.00 bits per heavy atom. The number of ether oxygens (including phenoxy) is 1. The molecule has 0 aromatic rings. The van der Waals surface area contributed by atoms with Crippen LogP contribution in [-0.4, -0.2) is 12.1 Å². The number of rotatable bonds is 4. The Kier molecular flexibility index (Phi) is 5.52. The van der Waals surface area contributed by atoms with E-state index < -0.39 is 0 Å². The highest BCUT2D eigenvalue weighted by atomic mass is 16.5. The van der Waals surface area contributed by atoms with E-state index in [1.807, 2.05) is 13.8 Å². The molecule has 2 aliphatic rings. The minimum absolute atomic E-state index is 0.00119. The Balaban J connectivity index is 2.28. The molecule has 124 valence electrons. The molecule has 22 heavy (non-hydrogen) atoms. The molecule has 0 spiro atoms. The highest BCUT2D eigenvalue weighted by Gasteiger charge is 2.42. The summed E-state index contributed by atoms with van der Waals surface area (Å²) in [5.74, 6) is 2.51. The van der Waals surface area contributed by atoms with Gasteiger partial charge in [-0.25, -0.2) is 0 Å². The number of allylic oxidation sites excluding steroid dienone is 3. The zero-order valence-electron chi connectivity index (χ0n) is 15.0. The van der Waals surface area contributed by atoms with Crippen LogP contribution >= 0.6 is 0 Å². The lowest BCUT2D eigenvalue weighted by molar-refractivity contribution is -0.158. The number of carbonyl (C=O) groups excluding carboxylic acids is 1. The Bertz CT molecular complexity index is 460. The van der Waals surface area contributed by atoms with E-state index in [4.69, 9.17) is 4.74 Å². The molecule has 0 amide bonds. The summed E-state index contributed by atoms with van der Waals surface area (Å²) in [5, 5.41) is 0. The normalized spacial score (nSPS) is 35.8. The van der Waals surface area contributed by atoms with Gasteiger partial charge in [0.2, 0.25) is 0 Å². The molecular weight excluding hydrogens is 272 g/mol. The zero-order valence-corrected chi connectivity index (χ0v) is 15.0. The summed E-state index contributed by atoms with van der Waals surface area (Å²) in [5.41, 5.74) is 1.39. The third-order valence-electron chi connectivity index (χ3n) is 5.53. The minimum Gasteiger partial charge on any atom is -0.461 e. The van der Waals surface area contributed by atoms with Gasteiger partial charge in [0.1, 0.15) is 6.10 Å². The second-order valence-corrected chi connectivity index (χ2v) is 7.73. The first-order valence-corrected chi connectivity index (χ1v) is 8.95. The van der Waals surface area contributed by atoms with Crippen molar-refractivity contribution < 1.29 is 9.53 Å². The largest absolute Gasteiger partial charge is 0.461 e. The number of carbonyl (C=O) groups is 1.